The summed E-state index contributed by atoms with van der Waals surface area (Å²) < 4.78 is 16.4. The van der Waals surface area contributed by atoms with E-state index in [1.165, 1.54) is 0 Å². The first kappa shape index (κ1) is 12.6. The molecule has 0 spiro atoms. The van der Waals surface area contributed by atoms with Crippen LogP contribution in [0.5, 0.6) is 5.75 Å². The van der Waals surface area contributed by atoms with E-state index in [1.54, 1.807) is 25.1 Å². The van der Waals surface area contributed by atoms with E-state index in [0.29, 0.717) is 5.75 Å². The number of rotatable bonds is 2. The van der Waals surface area contributed by atoms with Gasteiger partial charge in [0.1, 0.15) is 5.75 Å². The number of alkyl halides is 1. The molecule has 0 atom stereocenters. The Morgan fingerprint density at radius 3 is 2.62 bits per heavy atom. The van der Waals surface area contributed by atoms with Gasteiger partial charge in [-0.25, -0.2) is 9.18 Å². The van der Waals surface area contributed by atoms with Crippen LogP contribution in [0.2, 0.25) is 0 Å². The van der Waals surface area contributed by atoms with Crippen LogP contribution in [-0.2, 0) is 4.79 Å². The van der Waals surface area contributed by atoms with Crippen LogP contribution >= 0.6 is 0 Å². The number of carbonyl (C=O) groups excluding carboxylic acids is 1. The molecule has 1 rings (SSSR count). The van der Waals surface area contributed by atoms with Gasteiger partial charge in [0.05, 0.1) is 0 Å². The fraction of sp³-hybridized carbons (Fsp3) is 0.222. The molecule has 0 aliphatic heterocycles. The van der Waals surface area contributed by atoms with Crippen molar-refractivity contribution in [3.63, 3.8) is 0 Å². The number of esters is 1. The van der Waals surface area contributed by atoms with Gasteiger partial charge in [0.15, 0.2) is 6.67 Å². The van der Waals surface area contributed by atoms with Crippen molar-refractivity contribution in [3.05, 3.63) is 29.8 Å². The molecule has 0 unspecified atom stereocenters. The number of halogens is 1. The maximum absolute atomic E-state index is 11.7. The molecule has 0 fully saturated rings. The first-order valence-corrected chi connectivity index (χ1v) is 3.56. The quantitative estimate of drug-likeness (QED) is 0.400. The number of benzene rings is 1. The van der Waals surface area contributed by atoms with Crippen molar-refractivity contribution in [1.82, 2.24) is 0 Å². The number of aryl methyl sites for hydroxylation is 1. The third-order valence-electron chi connectivity index (χ3n) is 1.43. The molecule has 0 radical (unpaired) electrons. The van der Waals surface area contributed by atoms with E-state index < -0.39 is 12.6 Å². The summed E-state index contributed by atoms with van der Waals surface area (Å²) >= 11 is 0. The average molecular weight is 192 g/mol. The van der Waals surface area contributed by atoms with Crippen LogP contribution < -0.4 is 4.74 Å². The molecule has 13 heavy (non-hydrogen) atoms. The van der Waals surface area contributed by atoms with Crippen LogP contribution in [0.15, 0.2) is 24.3 Å². The van der Waals surface area contributed by atoms with Crippen LogP contribution in [0, 0.1) is 6.92 Å². The van der Waals surface area contributed by atoms with Crippen molar-refractivity contribution in [1.29, 1.82) is 0 Å². The van der Waals surface area contributed by atoms with E-state index in [0.717, 1.165) is 5.56 Å². The van der Waals surface area contributed by atoms with Crippen molar-refractivity contribution in [2.75, 3.05) is 6.67 Å². The van der Waals surface area contributed by atoms with Gasteiger partial charge in [0, 0.05) is 0 Å². The summed E-state index contributed by atoms with van der Waals surface area (Å²) in [6, 6.07) is 6.97. The van der Waals surface area contributed by atoms with Crippen molar-refractivity contribution < 1.29 is 13.9 Å². The molecule has 0 N–H and O–H groups in total. The SMILES string of the molecule is Cc1ccccc1OC(=O)CF.[NaH]. The molecule has 1 aromatic rings. The van der Waals surface area contributed by atoms with Crippen LogP contribution in [0.4, 0.5) is 4.39 Å². The van der Waals surface area contributed by atoms with Gasteiger partial charge in [-0.1, -0.05) is 18.2 Å². The average Bonchev–Trinajstić information content (AvgIpc) is 2.09. The second-order valence-electron chi connectivity index (χ2n) is 2.37. The van der Waals surface area contributed by atoms with Crippen molar-refractivity contribution in [3.8, 4) is 5.75 Å². The Hall–Kier alpha value is -0.380. The number of hydrogen-bond donors (Lipinski definition) is 0. The van der Waals surface area contributed by atoms with E-state index in [4.69, 9.17) is 0 Å². The first-order valence-electron chi connectivity index (χ1n) is 3.56. The number of carbonyl (C=O) groups is 1. The Morgan fingerprint density at radius 1 is 1.46 bits per heavy atom. The topological polar surface area (TPSA) is 26.3 Å². The molecule has 0 heterocycles. The first-order chi connectivity index (χ1) is 5.74. The van der Waals surface area contributed by atoms with E-state index in [-0.39, 0.29) is 29.6 Å². The fourth-order valence-electron chi connectivity index (χ4n) is 0.821. The molecule has 0 aromatic heterocycles. The van der Waals surface area contributed by atoms with E-state index >= 15 is 0 Å². The third kappa shape index (κ3) is 3.89. The Bertz CT molecular complexity index is 289. The van der Waals surface area contributed by atoms with E-state index in [2.05, 4.69) is 4.74 Å². The Kier molecular flexibility index (Phi) is 5.95. The summed E-state index contributed by atoms with van der Waals surface area (Å²) in [6.07, 6.45) is 0. The van der Waals surface area contributed by atoms with Crippen LogP contribution in [0.3, 0.4) is 0 Å². The molecule has 0 bridgehead atoms. The van der Waals surface area contributed by atoms with Crippen molar-refractivity contribution >= 4 is 35.5 Å². The Morgan fingerprint density at radius 2 is 2.08 bits per heavy atom. The van der Waals surface area contributed by atoms with Gasteiger partial charge in [0.2, 0.25) is 0 Å². The Balaban J connectivity index is 0.00000144. The number of para-hydroxylation sites is 1. The van der Waals surface area contributed by atoms with Crippen molar-refractivity contribution in [2.45, 2.75) is 6.92 Å². The zero-order valence-corrected chi connectivity index (χ0v) is 6.71. The molecular weight excluding hydrogens is 182 g/mol. The maximum atomic E-state index is 11.7. The van der Waals surface area contributed by atoms with Gasteiger partial charge in [-0.05, 0) is 18.6 Å². The van der Waals surface area contributed by atoms with Gasteiger partial charge < -0.3 is 4.74 Å². The van der Waals surface area contributed by atoms with Crippen LogP contribution in [0.1, 0.15) is 5.56 Å². The van der Waals surface area contributed by atoms with Gasteiger partial charge in [-0.3, -0.25) is 0 Å². The normalized spacial score (nSPS) is 8.77. The number of hydrogen-bond acceptors (Lipinski definition) is 2. The van der Waals surface area contributed by atoms with Gasteiger partial charge >= 0.3 is 35.5 Å². The van der Waals surface area contributed by atoms with Gasteiger partial charge in [0.25, 0.3) is 0 Å². The molecule has 66 valence electrons. The third-order valence-corrected chi connectivity index (χ3v) is 1.43. The molecule has 0 saturated heterocycles. The minimum absolute atomic E-state index is 0. The fourth-order valence-corrected chi connectivity index (χ4v) is 0.821. The van der Waals surface area contributed by atoms with Crippen LogP contribution in [0.25, 0.3) is 0 Å². The molecule has 0 amide bonds. The molecular formula is C9H10FNaO2. The minimum atomic E-state index is -1.09. The molecule has 0 saturated carbocycles. The monoisotopic (exact) mass is 192 g/mol. The van der Waals surface area contributed by atoms with E-state index in [9.17, 15) is 9.18 Å². The second-order valence-corrected chi connectivity index (χ2v) is 2.37. The summed E-state index contributed by atoms with van der Waals surface area (Å²) in [7, 11) is 0. The summed E-state index contributed by atoms with van der Waals surface area (Å²) in [5.41, 5.74) is 0.819. The van der Waals surface area contributed by atoms with Crippen LogP contribution in [-0.4, -0.2) is 42.2 Å². The van der Waals surface area contributed by atoms with Gasteiger partial charge in [-0.2, -0.15) is 0 Å². The zero-order chi connectivity index (χ0) is 8.97. The van der Waals surface area contributed by atoms with Gasteiger partial charge in [-0.15, -0.1) is 0 Å². The Labute approximate surface area is 98.4 Å². The number of ether oxygens (including phenoxy) is 1. The standard InChI is InChI=1S/C9H9FO2.Na.H/c1-7-4-2-3-5-8(7)12-9(11)6-10;;/h2-5H,6H2,1H3;;. The van der Waals surface area contributed by atoms with Crippen molar-refractivity contribution in [2.24, 2.45) is 0 Å². The molecule has 4 heteroatoms. The molecule has 0 aliphatic carbocycles. The zero-order valence-electron chi connectivity index (χ0n) is 6.71. The predicted molar refractivity (Wildman–Crippen MR) is 49.9 cm³/mol. The predicted octanol–water partition coefficient (Wildman–Crippen LogP) is 1.22. The summed E-state index contributed by atoms with van der Waals surface area (Å²) in [6.45, 7) is 0.704. The molecule has 0 aliphatic rings. The van der Waals surface area contributed by atoms with E-state index in [1.807, 2.05) is 6.07 Å². The summed E-state index contributed by atoms with van der Waals surface area (Å²) in [5.74, 6) is -0.440. The summed E-state index contributed by atoms with van der Waals surface area (Å²) in [4.78, 5) is 10.5. The summed E-state index contributed by atoms with van der Waals surface area (Å²) in [5, 5.41) is 0. The molecule has 2 nitrogen and oxygen atoms in total. The second kappa shape index (κ2) is 6.13. The molecule has 1 aromatic carbocycles.